The van der Waals surface area contributed by atoms with Crippen LogP contribution in [0.15, 0.2) is 36.7 Å². The molecule has 2 rings (SSSR count). The Morgan fingerprint density at radius 3 is 2.79 bits per heavy atom. The molecule has 0 aliphatic rings. The topological polar surface area (TPSA) is 34.9 Å². The first kappa shape index (κ1) is 8.69. The highest BCUT2D eigenvalue weighted by Gasteiger charge is 2.04. The Bertz CT molecular complexity index is 460. The molecule has 0 bridgehead atoms. The molecule has 14 heavy (non-hydrogen) atoms. The molecule has 3 heteroatoms. The van der Waals surface area contributed by atoms with Crippen LogP contribution in [0.25, 0.3) is 11.1 Å². The SMILES string of the molecule is Cn1cc(-c2ccccc2C=O)cn1. The van der Waals surface area contributed by atoms with Crippen molar-refractivity contribution in [3.8, 4) is 11.1 Å². The number of aryl methyl sites for hydroxylation is 1. The van der Waals surface area contributed by atoms with Crippen LogP contribution in [-0.4, -0.2) is 16.1 Å². The predicted molar refractivity (Wildman–Crippen MR) is 54.0 cm³/mol. The van der Waals surface area contributed by atoms with Gasteiger partial charge in [0.05, 0.1) is 6.20 Å². The second-order valence-electron chi connectivity index (χ2n) is 3.11. The quantitative estimate of drug-likeness (QED) is 0.671. The Balaban J connectivity index is 2.55. The van der Waals surface area contributed by atoms with Crippen LogP contribution in [0, 0.1) is 0 Å². The molecule has 1 aromatic heterocycles. The van der Waals surface area contributed by atoms with Crippen molar-refractivity contribution in [3.63, 3.8) is 0 Å². The number of hydrogen-bond acceptors (Lipinski definition) is 2. The molecule has 0 atom stereocenters. The van der Waals surface area contributed by atoms with Gasteiger partial charge in [0.1, 0.15) is 0 Å². The van der Waals surface area contributed by atoms with Gasteiger partial charge in [-0.2, -0.15) is 5.10 Å². The first-order valence-electron chi connectivity index (χ1n) is 4.34. The van der Waals surface area contributed by atoms with Crippen molar-refractivity contribution >= 4 is 6.29 Å². The van der Waals surface area contributed by atoms with E-state index in [4.69, 9.17) is 0 Å². The summed E-state index contributed by atoms with van der Waals surface area (Å²) < 4.78 is 1.72. The van der Waals surface area contributed by atoms with Crippen molar-refractivity contribution in [2.45, 2.75) is 0 Å². The van der Waals surface area contributed by atoms with Gasteiger partial charge in [0.15, 0.2) is 6.29 Å². The Kier molecular flexibility index (Phi) is 2.14. The average Bonchev–Trinajstić information content (AvgIpc) is 2.65. The minimum absolute atomic E-state index is 0.695. The second kappa shape index (κ2) is 3.46. The normalized spacial score (nSPS) is 10.1. The molecule has 1 heterocycles. The van der Waals surface area contributed by atoms with Crippen LogP contribution in [0.5, 0.6) is 0 Å². The molecule has 0 amide bonds. The molecule has 0 saturated carbocycles. The summed E-state index contributed by atoms with van der Waals surface area (Å²) in [6.45, 7) is 0. The monoisotopic (exact) mass is 186 g/mol. The summed E-state index contributed by atoms with van der Waals surface area (Å²) in [6.07, 6.45) is 4.51. The van der Waals surface area contributed by atoms with E-state index in [2.05, 4.69) is 5.10 Å². The highest BCUT2D eigenvalue weighted by atomic mass is 16.1. The fourth-order valence-corrected chi connectivity index (χ4v) is 1.42. The highest BCUT2D eigenvalue weighted by Crippen LogP contribution is 2.21. The molecule has 0 unspecified atom stereocenters. The van der Waals surface area contributed by atoms with Crippen molar-refractivity contribution < 1.29 is 4.79 Å². The largest absolute Gasteiger partial charge is 0.298 e. The summed E-state index contributed by atoms with van der Waals surface area (Å²) in [6, 6.07) is 7.48. The zero-order chi connectivity index (χ0) is 9.97. The standard InChI is InChI=1S/C11H10N2O/c1-13-7-10(6-12-13)11-5-3-2-4-9(11)8-14/h2-8H,1H3. The zero-order valence-electron chi connectivity index (χ0n) is 7.84. The highest BCUT2D eigenvalue weighted by molar-refractivity contribution is 5.87. The molecule has 0 aliphatic heterocycles. The van der Waals surface area contributed by atoms with Crippen LogP contribution < -0.4 is 0 Å². The molecule has 0 radical (unpaired) electrons. The van der Waals surface area contributed by atoms with Crippen LogP contribution >= 0.6 is 0 Å². The fraction of sp³-hybridized carbons (Fsp3) is 0.0909. The number of benzene rings is 1. The Labute approximate surface area is 82.0 Å². The van der Waals surface area contributed by atoms with E-state index >= 15 is 0 Å². The first-order chi connectivity index (χ1) is 6.81. The maximum absolute atomic E-state index is 10.8. The van der Waals surface area contributed by atoms with E-state index in [-0.39, 0.29) is 0 Å². The molecular weight excluding hydrogens is 176 g/mol. The summed E-state index contributed by atoms with van der Waals surface area (Å²) in [5.74, 6) is 0. The lowest BCUT2D eigenvalue weighted by Crippen LogP contribution is -1.86. The van der Waals surface area contributed by atoms with Gasteiger partial charge in [0.25, 0.3) is 0 Å². The van der Waals surface area contributed by atoms with Gasteiger partial charge in [0.2, 0.25) is 0 Å². The number of carbonyl (C=O) groups is 1. The molecule has 0 fully saturated rings. The van der Waals surface area contributed by atoms with Crippen molar-refractivity contribution in [1.29, 1.82) is 0 Å². The van der Waals surface area contributed by atoms with Crippen LogP contribution in [0.2, 0.25) is 0 Å². The third kappa shape index (κ3) is 1.44. The number of nitrogens with zero attached hydrogens (tertiary/aromatic N) is 2. The van der Waals surface area contributed by atoms with E-state index in [1.165, 1.54) is 0 Å². The van der Waals surface area contributed by atoms with Gasteiger partial charge in [-0.15, -0.1) is 0 Å². The number of aldehydes is 1. The van der Waals surface area contributed by atoms with E-state index in [1.807, 2.05) is 31.4 Å². The van der Waals surface area contributed by atoms with E-state index in [0.29, 0.717) is 5.56 Å². The summed E-state index contributed by atoms with van der Waals surface area (Å²) in [5.41, 5.74) is 2.59. The Hall–Kier alpha value is -1.90. The van der Waals surface area contributed by atoms with Crippen molar-refractivity contribution in [2.24, 2.45) is 7.05 Å². The molecule has 3 nitrogen and oxygen atoms in total. The van der Waals surface area contributed by atoms with Crippen LogP contribution in [-0.2, 0) is 7.05 Å². The number of aromatic nitrogens is 2. The molecule has 0 aliphatic carbocycles. The van der Waals surface area contributed by atoms with Crippen LogP contribution in [0.1, 0.15) is 10.4 Å². The first-order valence-corrected chi connectivity index (χ1v) is 4.34. The third-order valence-corrected chi connectivity index (χ3v) is 2.10. The Morgan fingerprint density at radius 2 is 2.14 bits per heavy atom. The van der Waals surface area contributed by atoms with E-state index in [0.717, 1.165) is 17.4 Å². The number of rotatable bonds is 2. The third-order valence-electron chi connectivity index (χ3n) is 2.10. The second-order valence-corrected chi connectivity index (χ2v) is 3.11. The van der Waals surface area contributed by atoms with Gasteiger partial charge in [-0.1, -0.05) is 24.3 Å². The van der Waals surface area contributed by atoms with Crippen molar-refractivity contribution in [2.75, 3.05) is 0 Å². The molecule has 70 valence electrons. The van der Waals surface area contributed by atoms with E-state index in [1.54, 1.807) is 16.9 Å². The molecular formula is C11H10N2O. The summed E-state index contributed by atoms with van der Waals surface area (Å²) in [7, 11) is 1.85. The van der Waals surface area contributed by atoms with Gasteiger partial charge < -0.3 is 0 Å². The molecule has 2 aromatic rings. The molecule has 0 N–H and O–H groups in total. The minimum Gasteiger partial charge on any atom is -0.298 e. The van der Waals surface area contributed by atoms with Crippen LogP contribution in [0.3, 0.4) is 0 Å². The Morgan fingerprint density at radius 1 is 1.36 bits per heavy atom. The van der Waals surface area contributed by atoms with Gasteiger partial charge in [-0.05, 0) is 5.56 Å². The lowest BCUT2D eigenvalue weighted by molar-refractivity contribution is 0.112. The zero-order valence-corrected chi connectivity index (χ0v) is 7.84. The summed E-state index contributed by atoms with van der Waals surface area (Å²) >= 11 is 0. The van der Waals surface area contributed by atoms with Gasteiger partial charge in [-0.25, -0.2) is 0 Å². The summed E-state index contributed by atoms with van der Waals surface area (Å²) in [4.78, 5) is 10.8. The lowest BCUT2D eigenvalue weighted by atomic mass is 10.0. The minimum atomic E-state index is 0.695. The van der Waals surface area contributed by atoms with Crippen molar-refractivity contribution in [1.82, 2.24) is 9.78 Å². The molecule has 0 spiro atoms. The average molecular weight is 186 g/mol. The smallest absolute Gasteiger partial charge is 0.150 e. The number of hydrogen-bond donors (Lipinski definition) is 0. The van der Waals surface area contributed by atoms with Gasteiger partial charge in [-0.3, -0.25) is 9.48 Å². The van der Waals surface area contributed by atoms with E-state index in [9.17, 15) is 4.79 Å². The van der Waals surface area contributed by atoms with Crippen LogP contribution in [0.4, 0.5) is 0 Å². The van der Waals surface area contributed by atoms with E-state index < -0.39 is 0 Å². The lowest BCUT2D eigenvalue weighted by Gasteiger charge is -1.99. The predicted octanol–water partition coefficient (Wildman–Crippen LogP) is 1.90. The number of carbonyl (C=O) groups excluding carboxylic acids is 1. The van der Waals surface area contributed by atoms with Crippen molar-refractivity contribution in [3.05, 3.63) is 42.2 Å². The molecule has 1 aromatic carbocycles. The molecule has 0 saturated heterocycles. The summed E-state index contributed by atoms with van der Waals surface area (Å²) in [5, 5.41) is 4.07. The maximum atomic E-state index is 10.8. The van der Waals surface area contributed by atoms with Gasteiger partial charge >= 0.3 is 0 Å². The fourth-order valence-electron chi connectivity index (χ4n) is 1.42. The van der Waals surface area contributed by atoms with Gasteiger partial charge in [0, 0.05) is 24.4 Å². The maximum Gasteiger partial charge on any atom is 0.150 e.